The molecule has 0 fully saturated rings. The monoisotopic (exact) mass is 332 g/mol. The summed E-state index contributed by atoms with van der Waals surface area (Å²) in [7, 11) is 0. The molecule has 0 saturated carbocycles. The average Bonchev–Trinajstić information content (AvgIpc) is 2.38. The van der Waals surface area contributed by atoms with Crippen molar-refractivity contribution in [2.45, 2.75) is 40.2 Å². The zero-order chi connectivity index (χ0) is 14.9. The molecule has 0 saturated heterocycles. The molecule has 0 aliphatic rings. The molecule has 106 valence electrons. The van der Waals surface area contributed by atoms with Crippen LogP contribution in [0, 0.1) is 27.7 Å². The summed E-state index contributed by atoms with van der Waals surface area (Å²) in [6.45, 7) is 8.32. The first kappa shape index (κ1) is 15.3. The van der Waals surface area contributed by atoms with Gasteiger partial charge in [-0.05, 0) is 67.1 Å². The smallest absolute Gasteiger partial charge is 0.0833 e. The molecule has 0 aliphatic carbocycles. The fourth-order valence-corrected chi connectivity index (χ4v) is 2.88. The lowest BCUT2D eigenvalue weighted by molar-refractivity contribution is 0.177. The molecule has 1 nitrogen and oxygen atoms in total. The van der Waals surface area contributed by atoms with Crippen molar-refractivity contribution in [2.24, 2.45) is 0 Å². The largest absolute Gasteiger partial charge is 0.388 e. The highest BCUT2D eigenvalue weighted by molar-refractivity contribution is 9.10. The molecule has 0 bridgehead atoms. The van der Waals surface area contributed by atoms with E-state index < -0.39 is 6.10 Å². The number of aliphatic hydroxyl groups excluding tert-OH is 1. The molecule has 0 radical (unpaired) electrons. The van der Waals surface area contributed by atoms with Crippen LogP contribution in [0.4, 0.5) is 0 Å². The van der Waals surface area contributed by atoms with Gasteiger partial charge in [-0.2, -0.15) is 0 Å². The molecular formula is C18H21BrO. The van der Waals surface area contributed by atoms with Crippen LogP contribution in [0.15, 0.2) is 34.8 Å². The highest BCUT2D eigenvalue weighted by Crippen LogP contribution is 2.27. The third-order valence-electron chi connectivity index (χ3n) is 3.91. The number of hydrogen-bond donors (Lipinski definition) is 1. The van der Waals surface area contributed by atoms with Crippen LogP contribution in [0.1, 0.15) is 39.5 Å². The summed E-state index contributed by atoms with van der Waals surface area (Å²) in [4.78, 5) is 0. The van der Waals surface area contributed by atoms with Gasteiger partial charge in [-0.1, -0.05) is 40.2 Å². The van der Waals surface area contributed by atoms with Crippen molar-refractivity contribution < 1.29 is 5.11 Å². The lowest BCUT2D eigenvalue weighted by Gasteiger charge is -2.16. The lowest BCUT2D eigenvalue weighted by atomic mass is 9.95. The highest BCUT2D eigenvalue weighted by Gasteiger charge is 2.13. The zero-order valence-electron chi connectivity index (χ0n) is 12.5. The molecule has 0 spiro atoms. The van der Waals surface area contributed by atoms with Gasteiger partial charge in [0.05, 0.1) is 6.10 Å². The zero-order valence-corrected chi connectivity index (χ0v) is 14.1. The molecule has 2 heteroatoms. The van der Waals surface area contributed by atoms with Gasteiger partial charge in [-0.15, -0.1) is 0 Å². The second-order valence-electron chi connectivity index (χ2n) is 5.60. The first-order valence-corrected chi connectivity index (χ1v) is 7.68. The third kappa shape index (κ3) is 3.31. The van der Waals surface area contributed by atoms with Crippen molar-refractivity contribution >= 4 is 15.9 Å². The predicted octanol–water partition coefficient (Wildman–Crippen LogP) is 4.96. The Kier molecular flexibility index (Phi) is 4.66. The van der Waals surface area contributed by atoms with Crippen LogP contribution in [-0.2, 0) is 6.42 Å². The maximum absolute atomic E-state index is 10.5. The average molecular weight is 333 g/mol. The number of rotatable bonds is 3. The van der Waals surface area contributed by atoms with E-state index in [2.05, 4.69) is 67.0 Å². The molecule has 2 aromatic rings. The van der Waals surface area contributed by atoms with Crippen molar-refractivity contribution in [1.29, 1.82) is 0 Å². The van der Waals surface area contributed by atoms with Crippen LogP contribution in [0.2, 0.25) is 0 Å². The van der Waals surface area contributed by atoms with E-state index in [-0.39, 0.29) is 0 Å². The summed E-state index contributed by atoms with van der Waals surface area (Å²) in [5.41, 5.74) is 7.05. The van der Waals surface area contributed by atoms with Crippen LogP contribution >= 0.6 is 15.9 Å². The van der Waals surface area contributed by atoms with Gasteiger partial charge in [-0.3, -0.25) is 0 Å². The molecule has 0 heterocycles. The molecule has 0 aliphatic heterocycles. The Bertz CT molecular complexity index is 632. The van der Waals surface area contributed by atoms with E-state index in [0.717, 1.165) is 21.2 Å². The van der Waals surface area contributed by atoms with Gasteiger partial charge in [0.15, 0.2) is 0 Å². The van der Waals surface area contributed by atoms with Crippen LogP contribution in [0.5, 0.6) is 0 Å². The minimum absolute atomic E-state index is 0.455. The summed E-state index contributed by atoms with van der Waals surface area (Å²) in [6, 6.07) is 10.5. The Balaban J connectivity index is 2.25. The fraction of sp³-hybridized carbons (Fsp3) is 0.333. The summed E-state index contributed by atoms with van der Waals surface area (Å²) in [6.07, 6.45) is 0.201. The van der Waals surface area contributed by atoms with Crippen LogP contribution in [0.3, 0.4) is 0 Å². The van der Waals surface area contributed by atoms with E-state index in [1.807, 2.05) is 6.92 Å². The molecule has 1 atom stereocenters. The van der Waals surface area contributed by atoms with Gasteiger partial charge < -0.3 is 5.11 Å². The highest BCUT2D eigenvalue weighted by atomic mass is 79.9. The van der Waals surface area contributed by atoms with Crippen molar-refractivity contribution in [1.82, 2.24) is 0 Å². The molecule has 0 amide bonds. The number of benzene rings is 2. The summed E-state index contributed by atoms with van der Waals surface area (Å²) < 4.78 is 1.09. The Morgan fingerprint density at radius 3 is 2.25 bits per heavy atom. The molecule has 2 rings (SSSR count). The molecular weight excluding hydrogens is 312 g/mol. The normalized spacial score (nSPS) is 12.5. The third-order valence-corrected chi connectivity index (χ3v) is 4.76. The van der Waals surface area contributed by atoms with Gasteiger partial charge in [0, 0.05) is 10.9 Å². The van der Waals surface area contributed by atoms with Crippen LogP contribution in [-0.4, -0.2) is 5.11 Å². The lowest BCUT2D eigenvalue weighted by Crippen LogP contribution is -2.05. The second kappa shape index (κ2) is 6.11. The summed E-state index contributed by atoms with van der Waals surface area (Å²) in [5, 5.41) is 10.5. The van der Waals surface area contributed by atoms with Crippen molar-refractivity contribution in [2.75, 3.05) is 0 Å². The Hall–Kier alpha value is -1.12. The van der Waals surface area contributed by atoms with Crippen LogP contribution in [0.25, 0.3) is 0 Å². The van der Waals surface area contributed by atoms with Crippen molar-refractivity contribution in [3.8, 4) is 0 Å². The standard InChI is InChI=1S/C18H21BrO/c1-11-5-6-15(7-12(11)2)10-18(20)16-8-14(4)17(19)9-13(16)3/h5-9,18,20H,10H2,1-4H3. The number of aryl methyl sites for hydroxylation is 4. The van der Waals surface area contributed by atoms with Crippen molar-refractivity contribution in [3.63, 3.8) is 0 Å². The van der Waals surface area contributed by atoms with E-state index in [1.165, 1.54) is 16.7 Å². The van der Waals surface area contributed by atoms with Gasteiger partial charge in [-0.25, -0.2) is 0 Å². The fourth-order valence-electron chi connectivity index (χ4n) is 2.43. The van der Waals surface area contributed by atoms with Gasteiger partial charge in [0.2, 0.25) is 0 Å². The molecule has 20 heavy (non-hydrogen) atoms. The molecule has 0 aromatic heterocycles. The van der Waals surface area contributed by atoms with Gasteiger partial charge in [0.25, 0.3) is 0 Å². The van der Waals surface area contributed by atoms with E-state index in [9.17, 15) is 5.11 Å². The topological polar surface area (TPSA) is 20.2 Å². The number of aliphatic hydroxyl groups is 1. The first-order chi connectivity index (χ1) is 9.38. The second-order valence-corrected chi connectivity index (χ2v) is 6.45. The predicted molar refractivity (Wildman–Crippen MR) is 88.2 cm³/mol. The molecule has 1 unspecified atom stereocenters. The first-order valence-electron chi connectivity index (χ1n) is 6.89. The van der Waals surface area contributed by atoms with Crippen LogP contribution < -0.4 is 0 Å². The number of halogens is 1. The van der Waals surface area contributed by atoms with E-state index >= 15 is 0 Å². The quantitative estimate of drug-likeness (QED) is 0.842. The Labute approximate surface area is 129 Å². The minimum atomic E-state index is -0.455. The summed E-state index contributed by atoms with van der Waals surface area (Å²) in [5.74, 6) is 0. The SMILES string of the molecule is Cc1ccc(CC(O)c2cc(C)c(Br)cc2C)cc1C. The summed E-state index contributed by atoms with van der Waals surface area (Å²) >= 11 is 3.53. The van der Waals surface area contributed by atoms with E-state index in [4.69, 9.17) is 0 Å². The molecule has 2 aromatic carbocycles. The Morgan fingerprint density at radius 2 is 1.60 bits per heavy atom. The van der Waals surface area contributed by atoms with Gasteiger partial charge >= 0.3 is 0 Å². The van der Waals surface area contributed by atoms with Crippen molar-refractivity contribution in [3.05, 3.63) is 68.2 Å². The Morgan fingerprint density at radius 1 is 0.900 bits per heavy atom. The maximum atomic E-state index is 10.5. The van der Waals surface area contributed by atoms with E-state index in [0.29, 0.717) is 6.42 Å². The van der Waals surface area contributed by atoms with Gasteiger partial charge in [0.1, 0.15) is 0 Å². The van der Waals surface area contributed by atoms with E-state index in [1.54, 1.807) is 0 Å². The maximum Gasteiger partial charge on any atom is 0.0833 e. The number of hydrogen-bond acceptors (Lipinski definition) is 1. The minimum Gasteiger partial charge on any atom is -0.388 e. The molecule has 1 N–H and O–H groups in total.